The first-order valence-corrected chi connectivity index (χ1v) is 7.90. The quantitative estimate of drug-likeness (QED) is 0.625. The first-order valence-electron chi connectivity index (χ1n) is 5.78. The van der Waals surface area contributed by atoms with Crippen LogP contribution in [0.5, 0.6) is 0 Å². The smallest absolute Gasteiger partial charge is 0.365 e. The summed E-state index contributed by atoms with van der Waals surface area (Å²) in [7, 11) is -4.52. The van der Waals surface area contributed by atoms with Crippen molar-refractivity contribution in [2.45, 2.75) is 5.72 Å². The van der Waals surface area contributed by atoms with Crippen molar-refractivity contribution in [3.63, 3.8) is 0 Å². The summed E-state index contributed by atoms with van der Waals surface area (Å²) in [5, 5.41) is 3.45. The molecule has 0 aromatic carbocycles. The molecule has 2 atom stereocenters. The van der Waals surface area contributed by atoms with E-state index in [1.54, 1.807) is 12.3 Å². The second-order valence-electron chi connectivity index (χ2n) is 4.83. The van der Waals surface area contributed by atoms with Crippen molar-refractivity contribution in [3.05, 3.63) is 22.4 Å². The third kappa shape index (κ3) is 2.47. The summed E-state index contributed by atoms with van der Waals surface area (Å²) >= 11 is 11.7. The highest BCUT2D eigenvalue weighted by molar-refractivity contribution is 7.80. The van der Waals surface area contributed by atoms with Gasteiger partial charge in [-0.3, -0.25) is 9.87 Å². The van der Waals surface area contributed by atoms with Crippen LogP contribution in [0.3, 0.4) is 0 Å². The molecule has 3 rings (SSSR count). The summed E-state index contributed by atoms with van der Waals surface area (Å²) in [6.45, 7) is 1.44. The Bertz CT molecular complexity index is 656. The van der Waals surface area contributed by atoms with Crippen LogP contribution in [0, 0.1) is 5.92 Å². The van der Waals surface area contributed by atoms with Gasteiger partial charge in [-0.1, -0.05) is 23.2 Å². The van der Waals surface area contributed by atoms with Gasteiger partial charge < -0.3 is 4.90 Å². The highest BCUT2D eigenvalue weighted by atomic mass is 35.5. The lowest BCUT2D eigenvalue weighted by molar-refractivity contribution is -0.0534. The molecule has 0 saturated carbocycles. The molecule has 2 saturated heterocycles. The van der Waals surface area contributed by atoms with E-state index in [9.17, 15) is 8.42 Å². The molecule has 20 heavy (non-hydrogen) atoms. The minimum atomic E-state index is -4.52. The lowest BCUT2D eigenvalue weighted by Gasteiger charge is -2.42. The molecule has 3 heterocycles. The SMILES string of the molecule is O=S(=O)(O)OC12CN(c3cnc(Cl)c(Cl)c3)C[C@@H]1CN2. The van der Waals surface area contributed by atoms with Crippen LogP contribution in [0.25, 0.3) is 0 Å². The molecule has 0 amide bonds. The van der Waals surface area contributed by atoms with E-state index in [1.165, 1.54) is 0 Å². The Balaban J connectivity index is 1.83. The number of halogens is 2. The van der Waals surface area contributed by atoms with Crippen LogP contribution in [-0.2, 0) is 14.6 Å². The monoisotopic (exact) mass is 339 g/mol. The lowest BCUT2D eigenvalue weighted by atomic mass is 9.91. The summed E-state index contributed by atoms with van der Waals surface area (Å²) in [5.41, 5.74) is -0.367. The molecule has 2 fully saturated rings. The predicted molar refractivity (Wildman–Crippen MR) is 73.3 cm³/mol. The van der Waals surface area contributed by atoms with Crippen LogP contribution in [0.4, 0.5) is 5.69 Å². The van der Waals surface area contributed by atoms with E-state index in [0.717, 1.165) is 0 Å². The maximum atomic E-state index is 10.9. The molecule has 0 spiro atoms. The number of pyridine rings is 1. The molecule has 10 heteroatoms. The number of fused-ring (bicyclic) bond motifs is 1. The highest BCUT2D eigenvalue weighted by Crippen LogP contribution is 2.39. The van der Waals surface area contributed by atoms with E-state index in [4.69, 9.17) is 31.9 Å². The van der Waals surface area contributed by atoms with Crippen LogP contribution >= 0.6 is 23.2 Å². The molecule has 7 nitrogen and oxygen atoms in total. The molecule has 0 bridgehead atoms. The van der Waals surface area contributed by atoms with Gasteiger partial charge in [0.2, 0.25) is 0 Å². The van der Waals surface area contributed by atoms with Gasteiger partial charge in [0.15, 0.2) is 5.72 Å². The third-order valence-corrected chi connectivity index (χ3v) is 4.77. The zero-order valence-electron chi connectivity index (χ0n) is 10.1. The number of rotatable bonds is 3. The second kappa shape index (κ2) is 4.69. The van der Waals surface area contributed by atoms with Crippen LogP contribution in [0.15, 0.2) is 12.3 Å². The molecule has 2 aliphatic heterocycles. The van der Waals surface area contributed by atoms with Crippen molar-refractivity contribution >= 4 is 39.3 Å². The summed E-state index contributed by atoms with van der Waals surface area (Å²) < 4.78 is 35.5. The van der Waals surface area contributed by atoms with Gasteiger partial charge in [0, 0.05) is 19.0 Å². The summed E-state index contributed by atoms with van der Waals surface area (Å²) in [6, 6.07) is 1.66. The fourth-order valence-corrected chi connectivity index (χ4v) is 3.47. The normalized spacial score (nSPS) is 29.1. The zero-order valence-corrected chi connectivity index (χ0v) is 12.4. The Morgan fingerprint density at radius 3 is 2.85 bits per heavy atom. The van der Waals surface area contributed by atoms with Gasteiger partial charge in [0.05, 0.1) is 23.5 Å². The van der Waals surface area contributed by atoms with Gasteiger partial charge in [0.1, 0.15) is 5.15 Å². The van der Waals surface area contributed by atoms with E-state index in [0.29, 0.717) is 23.8 Å². The first-order chi connectivity index (χ1) is 9.29. The first kappa shape index (κ1) is 14.3. The van der Waals surface area contributed by atoms with Crippen molar-refractivity contribution in [2.24, 2.45) is 5.92 Å². The molecular formula is C10H11Cl2N3O4S. The Labute approximate surface area is 125 Å². The number of anilines is 1. The minimum Gasteiger partial charge on any atom is -0.365 e. The third-order valence-electron chi connectivity index (χ3n) is 3.57. The number of nitrogens with zero attached hydrogens (tertiary/aromatic N) is 2. The molecular weight excluding hydrogens is 329 g/mol. The standard InChI is InChI=1S/C10H11Cl2N3O4S/c11-8-1-7(3-13-9(8)12)15-4-6-2-14-10(6,5-15)19-20(16,17)18/h1,3,6,14H,2,4-5H2,(H,16,17,18)/t6-,10?/m0/s1. The van der Waals surface area contributed by atoms with Gasteiger partial charge in [0.25, 0.3) is 0 Å². The molecule has 110 valence electrons. The summed E-state index contributed by atoms with van der Waals surface area (Å²) in [4.78, 5) is 5.83. The molecule has 1 aromatic rings. The predicted octanol–water partition coefficient (Wildman–Crippen LogP) is 0.943. The van der Waals surface area contributed by atoms with Gasteiger partial charge in [-0.15, -0.1) is 0 Å². The van der Waals surface area contributed by atoms with Crippen molar-refractivity contribution in [3.8, 4) is 0 Å². The van der Waals surface area contributed by atoms with Gasteiger partial charge in [-0.2, -0.15) is 8.42 Å². The van der Waals surface area contributed by atoms with Crippen LogP contribution in [-0.4, -0.2) is 43.3 Å². The summed E-state index contributed by atoms with van der Waals surface area (Å²) in [6.07, 6.45) is 1.56. The Hall–Kier alpha value is -0.640. The van der Waals surface area contributed by atoms with Gasteiger partial charge >= 0.3 is 10.4 Å². The average molecular weight is 340 g/mol. The highest BCUT2D eigenvalue weighted by Gasteiger charge is 2.57. The summed E-state index contributed by atoms with van der Waals surface area (Å²) in [5.74, 6) is -0.0427. The number of hydrogen-bond acceptors (Lipinski definition) is 6. The Kier molecular flexibility index (Phi) is 3.35. The lowest BCUT2D eigenvalue weighted by Crippen LogP contribution is -2.67. The van der Waals surface area contributed by atoms with Gasteiger partial charge in [-0.25, -0.2) is 9.17 Å². The fraction of sp³-hybridized carbons (Fsp3) is 0.500. The zero-order chi connectivity index (χ0) is 14.5. The Morgan fingerprint density at radius 1 is 1.55 bits per heavy atom. The molecule has 2 aliphatic rings. The number of aromatic nitrogens is 1. The fourth-order valence-electron chi connectivity index (χ4n) is 2.58. The second-order valence-corrected chi connectivity index (χ2v) is 6.61. The van der Waals surface area contributed by atoms with Crippen LogP contribution in [0.2, 0.25) is 10.2 Å². The van der Waals surface area contributed by atoms with Crippen molar-refractivity contribution < 1.29 is 17.2 Å². The largest absolute Gasteiger partial charge is 0.399 e. The van der Waals surface area contributed by atoms with E-state index < -0.39 is 16.1 Å². The molecule has 2 N–H and O–H groups in total. The van der Waals surface area contributed by atoms with Gasteiger partial charge in [-0.05, 0) is 6.07 Å². The maximum absolute atomic E-state index is 10.9. The molecule has 0 aliphatic carbocycles. The maximum Gasteiger partial charge on any atom is 0.399 e. The average Bonchev–Trinajstić information content (AvgIpc) is 2.55. The van der Waals surface area contributed by atoms with E-state index in [-0.39, 0.29) is 17.6 Å². The minimum absolute atomic E-state index is 0.0427. The topological polar surface area (TPSA) is 91.8 Å². The molecule has 0 radical (unpaired) electrons. The van der Waals surface area contributed by atoms with Crippen molar-refractivity contribution in [2.75, 3.05) is 24.5 Å². The van der Waals surface area contributed by atoms with Crippen molar-refractivity contribution in [1.29, 1.82) is 0 Å². The van der Waals surface area contributed by atoms with Crippen molar-refractivity contribution in [1.82, 2.24) is 10.3 Å². The van der Waals surface area contributed by atoms with Crippen LogP contribution < -0.4 is 10.2 Å². The van der Waals surface area contributed by atoms with Crippen LogP contribution in [0.1, 0.15) is 0 Å². The number of hydrogen-bond donors (Lipinski definition) is 2. The van der Waals surface area contributed by atoms with E-state index in [1.807, 2.05) is 4.90 Å². The Morgan fingerprint density at radius 2 is 2.30 bits per heavy atom. The number of nitrogens with one attached hydrogen (secondary N) is 1. The van der Waals surface area contributed by atoms with E-state index in [2.05, 4.69) is 10.3 Å². The molecule has 1 aromatic heterocycles. The van der Waals surface area contributed by atoms with E-state index >= 15 is 0 Å². The molecule has 1 unspecified atom stereocenters.